The summed E-state index contributed by atoms with van der Waals surface area (Å²) in [4.78, 5) is 28.1. The minimum atomic E-state index is 0.0303. The molecule has 1 aromatic carbocycles. The van der Waals surface area contributed by atoms with Crippen LogP contribution in [0.1, 0.15) is 73.7 Å². The molecule has 4 bridgehead atoms. The molecular weight excluding hydrogens is 360 g/mol. The van der Waals surface area contributed by atoms with Gasteiger partial charge >= 0.3 is 0 Å². The highest BCUT2D eigenvalue weighted by atomic mass is 16.2. The van der Waals surface area contributed by atoms with Gasteiger partial charge in [0.1, 0.15) is 0 Å². The normalized spacial score (nSPS) is 34.8. The second-order valence-corrected chi connectivity index (χ2v) is 10.6. The number of rotatable bonds is 6. The van der Waals surface area contributed by atoms with Crippen molar-refractivity contribution in [3.63, 3.8) is 0 Å². The molecule has 4 heteroatoms. The largest absolute Gasteiger partial charge is 0.349 e. The fourth-order valence-electron chi connectivity index (χ4n) is 6.75. The van der Waals surface area contributed by atoms with E-state index >= 15 is 0 Å². The zero-order valence-electron chi connectivity index (χ0n) is 17.2. The molecule has 4 nitrogen and oxygen atoms in total. The van der Waals surface area contributed by atoms with E-state index in [4.69, 9.17) is 0 Å². The lowest BCUT2D eigenvalue weighted by Gasteiger charge is -2.54. The van der Waals surface area contributed by atoms with Gasteiger partial charge in [0.2, 0.25) is 5.91 Å². The van der Waals surface area contributed by atoms with Gasteiger partial charge in [-0.2, -0.15) is 0 Å². The lowest BCUT2D eigenvalue weighted by molar-refractivity contribution is -0.150. The van der Waals surface area contributed by atoms with Crippen molar-refractivity contribution in [1.82, 2.24) is 10.2 Å². The van der Waals surface area contributed by atoms with E-state index in [-0.39, 0.29) is 11.8 Å². The summed E-state index contributed by atoms with van der Waals surface area (Å²) >= 11 is 0. The number of carbonyl (C=O) groups is 2. The van der Waals surface area contributed by atoms with Gasteiger partial charge in [-0.25, -0.2) is 0 Å². The zero-order chi connectivity index (χ0) is 19.5. The summed E-state index contributed by atoms with van der Waals surface area (Å²) in [5.41, 5.74) is 1.88. The Balaban J connectivity index is 1.16. The lowest BCUT2D eigenvalue weighted by Crippen LogP contribution is -2.52. The van der Waals surface area contributed by atoms with Crippen LogP contribution in [0.4, 0.5) is 0 Å². The van der Waals surface area contributed by atoms with Crippen molar-refractivity contribution >= 4 is 11.8 Å². The summed E-state index contributed by atoms with van der Waals surface area (Å²) in [5.74, 6) is 3.86. The first kappa shape index (κ1) is 18.0. The summed E-state index contributed by atoms with van der Waals surface area (Å²) in [6.45, 7) is 0.705. The molecule has 6 aliphatic rings. The molecule has 0 heterocycles. The Hall–Kier alpha value is -1.84. The first-order chi connectivity index (χ1) is 14.1. The van der Waals surface area contributed by atoms with E-state index < -0.39 is 0 Å². The molecule has 0 atom stereocenters. The van der Waals surface area contributed by atoms with Crippen LogP contribution in [-0.2, 0) is 11.3 Å². The molecule has 0 aliphatic heterocycles. The number of nitrogens with one attached hydrogen (secondary N) is 1. The summed E-state index contributed by atoms with van der Waals surface area (Å²) in [6, 6.07) is 8.75. The van der Waals surface area contributed by atoms with Crippen LogP contribution < -0.4 is 5.32 Å². The number of carbonyl (C=O) groups excluding carboxylic acids is 2. The van der Waals surface area contributed by atoms with Gasteiger partial charge < -0.3 is 10.2 Å². The highest BCUT2D eigenvalue weighted by Gasteiger charge is 2.52. The van der Waals surface area contributed by atoms with E-state index in [1.165, 1.54) is 32.1 Å². The minimum absolute atomic E-state index is 0.0303. The average molecular weight is 393 g/mol. The van der Waals surface area contributed by atoms with Crippen LogP contribution in [0.15, 0.2) is 24.3 Å². The SMILES string of the molecule is O=C(NC1CC1)c1ccc(CN(C(=O)C2C3CC4CC(C3)CC2C4)C2CC2)cc1. The quantitative estimate of drug-likeness (QED) is 0.791. The van der Waals surface area contributed by atoms with E-state index in [2.05, 4.69) is 10.2 Å². The van der Waals surface area contributed by atoms with E-state index in [9.17, 15) is 9.59 Å². The Labute approximate surface area is 173 Å². The predicted octanol–water partition coefficient (Wildman–Crippen LogP) is 4.14. The topological polar surface area (TPSA) is 49.4 Å². The van der Waals surface area contributed by atoms with Gasteiger partial charge in [0.05, 0.1) is 0 Å². The van der Waals surface area contributed by atoms with Crippen molar-refractivity contribution in [2.45, 2.75) is 76.4 Å². The second-order valence-electron chi connectivity index (χ2n) is 10.6. The monoisotopic (exact) mass is 392 g/mol. The van der Waals surface area contributed by atoms with Crippen molar-refractivity contribution in [3.05, 3.63) is 35.4 Å². The molecular formula is C25H32N2O2. The number of benzene rings is 1. The average Bonchev–Trinajstić information content (AvgIpc) is 3.60. The molecule has 29 heavy (non-hydrogen) atoms. The molecule has 6 fully saturated rings. The third kappa shape index (κ3) is 3.49. The van der Waals surface area contributed by atoms with Crippen LogP contribution in [0.2, 0.25) is 0 Å². The van der Waals surface area contributed by atoms with Gasteiger partial charge in [-0.05, 0) is 99.2 Å². The third-order valence-corrected chi connectivity index (χ3v) is 8.26. The zero-order valence-corrected chi connectivity index (χ0v) is 17.2. The Morgan fingerprint density at radius 2 is 1.48 bits per heavy atom. The van der Waals surface area contributed by atoms with Crippen LogP contribution in [-0.4, -0.2) is 28.8 Å². The van der Waals surface area contributed by atoms with Crippen molar-refractivity contribution in [2.75, 3.05) is 0 Å². The summed E-state index contributed by atoms with van der Waals surface area (Å²) < 4.78 is 0. The maximum atomic E-state index is 13.7. The molecule has 1 aromatic rings. The molecule has 0 unspecified atom stereocenters. The molecule has 0 aromatic heterocycles. The molecule has 6 aliphatic carbocycles. The molecule has 154 valence electrons. The molecule has 6 saturated carbocycles. The Bertz CT molecular complexity index is 781. The van der Waals surface area contributed by atoms with Gasteiger partial charge in [-0.15, -0.1) is 0 Å². The maximum Gasteiger partial charge on any atom is 0.251 e. The van der Waals surface area contributed by atoms with E-state index in [0.717, 1.165) is 48.6 Å². The molecule has 0 radical (unpaired) electrons. The molecule has 2 amide bonds. The van der Waals surface area contributed by atoms with Gasteiger partial charge in [0.25, 0.3) is 5.91 Å². The second kappa shape index (κ2) is 6.85. The summed E-state index contributed by atoms with van der Waals surface area (Å²) in [5, 5.41) is 3.05. The number of hydrogen-bond donors (Lipinski definition) is 1. The number of hydrogen-bond acceptors (Lipinski definition) is 2. The fraction of sp³-hybridized carbons (Fsp3) is 0.680. The van der Waals surface area contributed by atoms with E-state index in [1.54, 1.807) is 0 Å². The van der Waals surface area contributed by atoms with Crippen LogP contribution in [0.25, 0.3) is 0 Å². The Morgan fingerprint density at radius 1 is 0.862 bits per heavy atom. The highest BCUT2D eigenvalue weighted by Crippen LogP contribution is 2.57. The number of amides is 2. The van der Waals surface area contributed by atoms with Crippen molar-refractivity contribution < 1.29 is 9.59 Å². The van der Waals surface area contributed by atoms with Gasteiger partial charge in [-0.1, -0.05) is 12.1 Å². The predicted molar refractivity (Wildman–Crippen MR) is 111 cm³/mol. The smallest absolute Gasteiger partial charge is 0.251 e. The molecule has 0 spiro atoms. The summed E-state index contributed by atoms with van der Waals surface area (Å²) in [7, 11) is 0. The van der Waals surface area contributed by atoms with Crippen molar-refractivity contribution in [1.29, 1.82) is 0 Å². The van der Waals surface area contributed by atoms with Crippen LogP contribution in [0, 0.1) is 29.6 Å². The van der Waals surface area contributed by atoms with Crippen LogP contribution >= 0.6 is 0 Å². The third-order valence-electron chi connectivity index (χ3n) is 8.26. The highest BCUT2D eigenvalue weighted by molar-refractivity contribution is 5.94. The number of nitrogens with zero attached hydrogens (tertiary/aromatic N) is 1. The lowest BCUT2D eigenvalue weighted by atomic mass is 9.51. The Kier molecular flexibility index (Phi) is 4.25. The van der Waals surface area contributed by atoms with E-state index in [1.807, 2.05) is 24.3 Å². The van der Waals surface area contributed by atoms with Crippen LogP contribution in [0.3, 0.4) is 0 Å². The van der Waals surface area contributed by atoms with Crippen molar-refractivity contribution in [2.24, 2.45) is 29.6 Å². The molecule has 0 saturated heterocycles. The standard InChI is InChI=1S/C25H32N2O2/c28-24(26-21-5-6-21)18-3-1-15(2-4-18)14-27(22-7-8-22)25(29)23-19-10-16-9-17(12-19)13-20(23)11-16/h1-4,16-17,19-23H,5-14H2,(H,26,28). The minimum Gasteiger partial charge on any atom is -0.349 e. The van der Waals surface area contributed by atoms with Gasteiger partial charge in [-0.3, -0.25) is 9.59 Å². The Morgan fingerprint density at radius 3 is 2.03 bits per heavy atom. The molecule has 1 N–H and O–H groups in total. The summed E-state index contributed by atoms with van der Waals surface area (Å²) in [6.07, 6.45) is 11.1. The first-order valence-electron chi connectivity index (χ1n) is 11.8. The van der Waals surface area contributed by atoms with Crippen molar-refractivity contribution in [3.8, 4) is 0 Å². The van der Waals surface area contributed by atoms with Gasteiger partial charge in [0.15, 0.2) is 0 Å². The first-order valence-corrected chi connectivity index (χ1v) is 11.8. The molecule has 7 rings (SSSR count). The maximum absolute atomic E-state index is 13.7. The van der Waals surface area contributed by atoms with E-state index in [0.29, 0.717) is 36.4 Å². The van der Waals surface area contributed by atoms with Gasteiger partial charge in [0, 0.05) is 30.1 Å². The van der Waals surface area contributed by atoms with Crippen LogP contribution in [0.5, 0.6) is 0 Å². The fourth-order valence-corrected chi connectivity index (χ4v) is 6.75.